The molecule has 4 atom stereocenters. The highest BCUT2D eigenvalue weighted by atomic mass is 14.9. The summed E-state index contributed by atoms with van der Waals surface area (Å²) in [5.41, 5.74) is 1.08. The predicted molar refractivity (Wildman–Crippen MR) is 69.5 cm³/mol. The van der Waals surface area contributed by atoms with Crippen molar-refractivity contribution in [3.63, 3.8) is 0 Å². The van der Waals surface area contributed by atoms with Gasteiger partial charge in [-0.15, -0.1) is 0 Å². The first-order chi connectivity index (χ1) is 8.22. The number of aromatic nitrogens is 2. The van der Waals surface area contributed by atoms with Gasteiger partial charge in [0.05, 0.1) is 11.7 Å². The van der Waals surface area contributed by atoms with Crippen LogP contribution in [-0.4, -0.2) is 17.0 Å². The fourth-order valence-electron chi connectivity index (χ4n) is 2.99. The number of hydrogen-bond acceptors (Lipinski definition) is 3. The van der Waals surface area contributed by atoms with Crippen molar-refractivity contribution < 1.29 is 0 Å². The van der Waals surface area contributed by atoms with Crippen molar-refractivity contribution >= 4 is 0 Å². The van der Waals surface area contributed by atoms with Gasteiger partial charge in [0.25, 0.3) is 0 Å². The number of hydrogen-bond donors (Lipinski definition) is 1. The quantitative estimate of drug-likeness (QED) is 0.872. The molecule has 0 radical (unpaired) electrons. The first kappa shape index (κ1) is 12.5. The first-order valence-electron chi connectivity index (χ1n) is 6.65. The zero-order chi connectivity index (χ0) is 12.3. The summed E-state index contributed by atoms with van der Waals surface area (Å²) in [5, 5.41) is 3.42. The van der Waals surface area contributed by atoms with Crippen LogP contribution in [0.15, 0.2) is 18.6 Å². The van der Waals surface area contributed by atoms with Gasteiger partial charge in [0, 0.05) is 18.6 Å². The van der Waals surface area contributed by atoms with Crippen molar-refractivity contribution in [1.82, 2.24) is 15.3 Å². The van der Waals surface area contributed by atoms with Gasteiger partial charge in [-0.25, -0.2) is 0 Å². The Labute approximate surface area is 104 Å². The monoisotopic (exact) mass is 233 g/mol. The van der Waals surface area contributed by atoms with Crippen molar-refractivity contribution in [3.8, 4) is 0 Å². The molecule has 1 fully saturated rings. The Morgan fingerprint density at radius 2 is 2.06 bits per heavy atom. The Kier molecular flexibility index (Phi) is 4.11. The Morgan fingerprint density at radius 3 is 2.65 bits per heavy atom. The first-order valence-corrected chi connectivity index (χ1v) is 6.65. The van der Waals surface area contributed by atoms with E-state index in [1.807, 2.05) is 13.2 Å². The lowest BCUT2D eigenvalue weighted by Gasteiger charge is -2.36. The van der Waals surface area contributed by atoms with Crippen molar-refractivity contribution in [3.05, 3.63) is 24.3 Å². The van der Waals surface area contributed by atoms with E-state index in [4.69, 9.17) is 0 Å². The van der Waals surface area contributed by atoms with Gasteiger partial charge in [-0.1, -0.05) is 20.3 Å². The third-order valence-corrected chi connectivity index (χ3v) is 4.32. The van der Waals surface area contributed by atoms with Crippen LogP contribution in [0.1, 0.15) is 44.8 Å². The van der Waals surface area contributed by atoms with Crippen molar-refractivity contribution in [2.75, 3.05) is 7.05 Å². The van der Waals surface area contributed by atoms with E-state index in [-0.39, 0.29) is 0 Å². The zero-order valence-corrected chi connectivity index (χ0v) is 11.1. The summed E-state index contributed by atoms with van der Waals surface area (Å²) in [6.45, 7) is 4.75. The third kappa shape index (κ3) is 2.83. The Balaban J connectivity index is 2.09. The number of nitrogens with zero attached hydrogens (tertiary/aromatic N) is 2. The molecule has 3 heteroatoms. The molecule has 1 aromatic heterocycles. The van der Waals surface area contributed by atoms with Crippen LogP contribution >= 0.6 is 0 Å². The molecule has 1 aromatic rings. The van der Waals surface area contributed by atoms with E-state index in [9.17, 15) is 0 Å². The maximum absolute atomic E-state index is 4.44. The van der Waals surface area contributed by atoms with E-state index < -0.39 is 0 Å². The number of rotatable bonds is 3. The van der Waals surface area contributed by atoms with Crippen LogP contribution in [-0.2, 0) is 0 Å². The van der Waals surface area contributed by atoms with Crippen LogP contribution in [0.3, 0.4) is 0 Å². The lowest BCUT2D eigenvalue weighted by Crippen LogP contribution is -2.32. The fraction of sp³-hybridized carbons (Fsp3) is 0.714. The van der Waals surface area contributed by atoms with Crippen LogP contribution in [0.5, 0.6) is 0 Å². The maximum Gasteiger partial charge on any atom is 0.0758 e. The van der Waals surface area contributed by atoms with E-state index >= 15 is 0 Å². The molecule has 1 aliphatic rings. The second-order valence-corrected chi connectivity index (χ2v) is 5.42. The summed E-state index contributed by atoms with van der Waals surface area (Å²) in [7, 11) is 2.03. The van der Waals surface area contributed by atoms with Crippen LogP contribution in [0.25, 0.3) is 0 Å². The molecule has 94 valence electrons. The minimum Gasteiger partial charge on any atom is -0.311 e. The highest BCUT2D eigenvalue weighted by Crippen LogP contribution is 2.39. The molecule has 1 heterocycles. The largest absolute Gasteiger partial charge is 0.311 e. The lowest BCUT2D eigenvalue weighted by molar-refractivity contribution is 0.173. The zero-order valence-electron chi connectivity index (χ0n) is 11.1. The maximum atomic E-state index is 4.44. The Bertz CT molecular complexity index is 339. The van der Waals surface area contributed by atoms with Gasteiger partial charge >= 0.3 is 0 Å². The molecule has 17 heavy (non-hydrogen) atoms. The molecule has 1 saturated carbocycles. The Hall–Kier alpha value is -0.960. The van der Waals surface area contributed by atoms with E-state index in [0.717, 1.165) is 17.5 Å². The molecule has 0 aliphatic heterocycles. The topological polar surface area (TPSA) is 37.8 Å². The Morgan fingerprint density at radius 1 is 1.24 bits per heavy atom. The molecule has 3 nitrogen and oxygen atoms in total. The normalized spacial score (nSPS) is 31.1. The average molecular weight is 233 g/mol. The fourth-order valence-corrected chi connectivity index (χ4v) is 2.99. The molecular weight excluding hydrogens is 210 g/mol. The molecular formula is C14H23N3. The minimum atomic E-state index is 0.360. The molecule has 2 rings (SSSR count). The second-order valence-electron chi connectivity index (χ2n) is 5.42. The molecule has 0 spiro atoms. The number of nitrogens with one attached hydrogen (secondary N) is 1. The average Bonchev–Trinajstić information content (AvgIpc) is 2.36. The standard InChI is InChI=1S/C14H23N3/c1-10-4-5-12(8-11(10)2)14(15-3)13-9-16-6-7-17-13/h6-7,9-12,14-15H,4-5,8H2,1-3H3. The van der Waals surface area contributed by atoms with Crippen LogP contribution in [0.2, 0.25) is 0 Å². The second kappa shape index (κ2) is 5.58. The van der Waals surface area contributed by atoms with Gasteiger partial charge < -0.3 is 5.32 Å². The highest BCUT2D eigenvalue weighted by molar-refractivity contribution is 5.04. The minimum absolute atomic E-state index is 0.360. The summed E-state index contributed by atoms with van der Waals surface area (Å²) in [6, 6.07) is 0.360. The summed E-state index contributed by atoms with van der Waals surface area (Å²) in [5.74, 6) is 2.38. The van der Waals surface area contributed by atoms with Gasteiger partial charge in [0.1, 0.15) is 0 Å². The smallest absolute Gasteiger partial charge is 0.0758 e. The molecule has 0 aromatic carbocycles. The molecule has 1 aliphatic carbocycles. The molecule has 0 bridgehead atoms. The van der Waals surface area contributed by atoms with E-state index in [2.05, 4.69) is 29.1 Å². The molecule has 4 unspecified atom stereocenters. The summed E-state index contributed by atoms with van der Waals surface area (Å²) >= 11 is 0. The SMILES string of the molecule is CNC(c1cnccn1)C1CCC(C)C(C)C1. The summed E-state index contributed by atoms with van der Waals surface area (Å²) in [4.78, 5) is 8.62. The van der Waals surface area contributed by atoms with Crippen molar-refractivity contribution in [1.29, 1.82) is 0 Å². The van der Waals surface area contributed by atoms with Crippen LogP contribution in [0.4, 0.5) is 0 Å². The lowest BCUT2D eigenvalue weighted by atomic mass is 9.73. The van der Waals surface area contributed by atoms with Crippen molar-refractivity contribution in [2.45, 2.75) is 39.2 Å². The highest BCUT2D eigenvalue weighted by Gasteiger charge is 2.30. The van der Waals surface area contributed by atoms with Gasteiger partial charge in [-0.2, -0.15) is 0 Å². The van der Waals surface area contributed by atoms with Gasteiger partial charge in [0.2, 0.25) is 0 Å². The van der Waals surface area contributed by atoms with Crippen LogP contribution < -0.4 is 5.32 Å². The van der Waals surface area contributed by atoms with E-state index in [1.165, 1.54) is 19.3 Å². The molecule has 0 amide bonds. The molecule has 1 N–H and O–H groups in total. The van der Waals surface area contributed by atoms with E-state index in [0.29, 0.717) is 12.0 Å². The van der Waals surface area contributed by atoms with Crippen molar-refractivity contribution in [2.24, 2.45) is 17.8 Å². The third-order valence-electron chi connectivity index (χ3n) is 4.32. The van der Waals surface area contributed by atoms with Gasteiger partial charge in [0.15, 0.2) is 0 Å². The summed E-state index contributed by atoms with van der Waals surface area (Å²) < 4.78 is 0. The predicted octanol–water partition coefficient (Wildman–Crippen LogP) is 2.81. The van der Waals surface area contributed by atoms with Gasteiger partial charge in [-0.05, 0) is 37.6 Å². The summed E-state index contributed by atoms with van der Waals surface area (Å²) in [6.07, 6.45) is 9.35. The van der Waals surface area contributed by atoms with E-state index in [1.54, 1.807) is 12.4 Å². The molecule has 0 saturated heterocycles. The van der Waals surface area contributed by atoms with Crippen LogP contribution in [0, 0.1) is 17.8 Å². The van der Waals surface area contributed by atoms with Gasteiger partial charge in [-0.3, -0.25) is 9.97 Å².